The Bertz CT molecular complexity index is 263. The zero-order chi connectivity index (χ0) is 12.3. The van der Waals surface area contributed by atoms with Gasteiger partial charge >= 0.3 is 5.97 Å². The fourth-order valence-corrected chi connectivity index (χ4v) is 2.66. The van der Waals surface area contributed by atoms with Crippen LogP contribution >= 0.6 is 0 Å². The van der Waals surface area contributed by atoms with Crippen LogP contribution < -0.4 is 0 Å². The lowest BCUT2D eigenvalue weighted by Gasteiger charge is -2.32. The molecule has 98 valence electrons. The number of aliphatic hydroxyl groups excluding tert-OH is 1. The Morgan fingerprint density at radius 3 is 2.47 bits per heavy atom. The molecule has 17 heavy (non-hydrogen) atoms. The van der Waals surface area contributed by atoms with Gasteiger partial charge in [-0.05, 0) is 44.7 Å². The van der Waals surface area contributed by atoms with E-state index in [1.165, 1.54) is 0 Å². The summed E-state index contributed by atoms with van der Waals surface area (Å²) in [5.74, 6) is -0.394. The van der Waals surface area contributed by atoms with Crippen molar-refractivity contribution in [3.8, 4) is 0 Å². The van der Waals surface area contributed by atoms with Crippen molar-refractivity contribution < 1.29 is 19.7 Å². The summed E-state index contributed by atoms with van der Waals surface area (Å²) in [7, 11) is 0. The van der Waals surface area contributed by atoms with Crippen LogP contribution in [0.15, 0.2) is 0 Å². The second kappa shape index (κ2) is 5.80. The van der Waals surface area contributed by atoms with E-state index in [4.69, 9.17) is 14.9 Å². The third kappa shape index (κ3) is 3.40. The largest absolute Gasteiger partial charge is 0.479 e. The minimum absolute atomic E-state index is 0.0711. The number of rotatable bonds is 4. The number of carboxylic acids is 1. The summed E-state index contributed by atoms with van der Waals surface area (Å²) in [6.07, 6.45) is 3.01. The van der Waals surface area contributed by atoms with Gasteiger partial charge in [0, 0.05) is 13.2 Å². The molecular weight excluding hydrogens is 222 g/mol. The zero-order valence-electron chi connectivity index (χ0n) is 10.0. The summed E-state index contributed by atoms with van der Waals surface area (Å²) < 4.78 is 5.49. The Hall–Kier alpha value is -0.650. The van der Waals surface area contributed by atoms with Gasteiger partial charge in [-0.1, -0.05) is 0 Å². The van der Waals surface area contributed by atoms with Crippen LogP contribution in [0.25, 0.3) is 0 Å². The van der Waals surface area contributed by atoms with Gasteiger partial charge in [0.2, 0.25) is 0 Å². The van der Waals surface area contributed by atoms with Crippen LogP contribution in [0.2, 0.25) is 0 Å². The number of nitrogens with zero attached hydrogens (tertiary/aromatic N) is 1. The fraction of sp³-hybridized carbons (Fsp3) is 0.917. The van der Waals surface area contributed by atoms with Gasteiger partial charge in [-0.2, -0.15) is 0 Å². The van der Waals surface area contributed by atoms with E-state index >= 15 is 0 Å². The van der Waals surface area contributed by atoms with Gasteiger partial charge < -0.3 is 19.8 Å². The molecule has 2 rings (SSSR count). The standard InChI is InChI=1S/C12H21NO4/c14-8-9-3-5-13(6-4-9)7-10-1-2-11(17-10)12(15)16/h9-11,14H,1-8H2,(H,15,16). The van der Waals surface area contributed by atoms with Gasteiger partial charge in [-0.3, -0.25) is 0 Å². The van der Waals surface area contributed by atoms with E-state index in [-0.39, 0.29) is 12.7 Å². The molecule has 2 N–H and O–H groups in total. The molecule has 0 aliphatic carbocycles. The molecule has 2 fully saturated rings. The number of likely N-dealkylation sites (tertiary alicyclic amines) is 1. The van der Waals surface area contributed by atoms with Crippen molar-refractivity contribution in [1.82, 2.24) is 4.90 Å². The first-order valence-electron chi connectivity index (χ1n) is 6.40. The number of carbonyl (C=O) groups is 1. The van der Waals surface area contributed by atoms with Crippen LogP contribution in [-0.2, 0) is 9.53 Å². The highest BCUT2D eigenvalue weighted by Crippen LogP contribution is 2.23. The van der Waals surface area contributed by atoms with Crippen molar-refractivity contribution in [2.45, 2.75) is 37.9 Å². The molecule has 2 saturated heterocycles. The summed E-state index contributed by atoms with van der Waals surface area (Å²) in [5, 5.41) is 17.9. The molecule has 0 amide bonds. The lowest BCUT2D eigenvalue weighted by molar-refractivity contribution is -0.149. The molecular formula is C12H21NO4. The van der Waals surface area contributed by atoms with Gasteiger partial charge in [0.25, 0.3) is 0 Å². The predicted octanol–water partition coefficient (Wildman–Crippen LogP) is 0.323. The molecule has 0 saturated carbocycles. The normalized spacial score (nSPS) is 31.8. The second-order valence-electron chi connectivity index (χ2n) is 5.09. The number of carboxylic acid groups (broad SMARTS) is 1. The third-order valence-corrected chi connectivity index (χ3v) is 3.81. The monoisotopic (exact) mass is 243 g/mol. The smallest absolute Gasteiger partial charge is 0.332 e. The second-order valence-corrected chi connectivity index (χ2v) is 5.09. The van der Waals surface area contributed by atoms with Crippen LogP contribution in [0.5, 0.6) is 0 Å². The quantitative estimate of drug-likeness (QED) is 0.744. The Balaban J connectivity index is 1.70. The Labute approximate surface area is 101 Å². The zero-order valence-corrected chi connectivity index (χ0v) is 10.0. The van der Waals surface area contributed by atoms with Gasteiger partial charge in [0.1, 0.15) is 0 Å². The molecule has 0 bridgehead atoms. The summed E-state index contributed by atoms with van der Waals surface area (Å²) in [6, 6.07) is 0. The number of hydrogen-bond acceptors (Lipinski definition) is 4. The molecule has 0 aromatic carbocycles. The predicted molar refractivity (Wildman–Crippen MR) is 61.8 cm³/mol. The van der Waals surface area contributed by atoms with E-state index in [0.717, 1.165) is 38.9 Å². The van der Waals surface area contributed by atoms with Gasteiger partial charge in [-0.25, -0.2) is 4.79 Å². The molecule has 2 aliphatic heterocycles. The van der Waals surface area contributed by atoms with Gasteiger partial charge in [0.15, 0.2) is 6.10 Å². The van der Waals surface area contributed by atoms with Crippen molar-refractivity contribution in [3.05, 3.63) is 0 Å². The SMILES string of the molecule is O=C(O)C1CCC(CN2CCC(CO)CC2)O1. The topological polar surface area (TPSA) is 70.0 Å². The fourth-order valence-electron chi connectivity index (χ4n) is 2.66. The van der Waals surface area contributed by atoms with Crippen LogP contribution in [0.4, 0.5) is 0 Å². The Morgan fingerprint density at radius 1 is 1.24 bits per heavy atom. The molecule has 2 aliphatic rings. The maximum absolute atomic E-state index is 10.8. The molecule has 2 atom stereocenters. The molecule has 0 aromatic rings. The van der Waals surface area contributed by atoms with Crippen molar-refractivity contribution in [3.63, 3.8) is 0 Å². The summed E-state index contributed by atoms with van der Waals surface area (Å²) in [5.41, 5.74) is 0. The van der Waals surface area contributed by atoms with E-state index in [2.05, 4.69) is 4.90 Å². The Morgan fingerprint density at radius 2 is 1.94 bits per heavy atom. The summed E-state index contributed by atoms with van der Waals surface area (Å²) >= 11 is 0. The Kier molecular flexibility index (Phi) is 4.36. The minimum atomic E-state index is -0.841. The molecule has 0 radical (unpaired) electrons. The van der Waals surface area contributed by atoms with E-state index in [9.17, 15) is 4.79 Å². The number of piperidine rings is 1. The van der Waals surface area contributed by atoms with E-state index in [0.29, 0.717) is 12.3 Å². The van der Waals surface area contributed by atoms with E-state index < -0.39 is 12.1 Å². The average molecular weight is 243 g/mol. The lowest BCUT2D eigenvalue weighted by Crippen LogP contribution is -2.39. The van der Waals surface area contributed by atoms with E-state index in [1.54, 1.807) is 0 Å². The highest BCUT2D eigenvalue weighted by molar-refractivity contribution is 5.72. The van der Waals surface area contributed by atoms with Crippen molar-refractivity contribution in [2.24, 2.45) is 5.92 Å². The third-order valence-electron chi connectivity index (χ3n) is 3.81. The highest BCUT2D eigenvalue weighted by atomic mass is 16.5. The highest BCUT2D eigenvalue weighted by Gasteiger charge is 2.32. The first-order valence-corrected chi connectivity index (χ1v) is 6.40. The van der Waals surface area contributed by atoms with Gasteiger partial charge in [-0.15, -0.1) is 0 Å². The van der Waals surface area contributed by atoms with Crippen LogP contribution in [-0.4, -0.2) is 59.5 Å². The molecule has 2 unspecified atom stereocenters. The number of aliphatic hydroxyl groups is 1. The maximum Gasteiger partial charge on any atom is 0.332 e. The molecule has 2 heterocycles. The number of ether oxygens (including phenoxy) is 1. The van der Waals surface area contributed by atoms with Crippen LogP contribution in [0.3, 0.4) is 0 Å². The number of aliphatic carboxylic acids is 1. The summed E-state index contributed by atoms with van der Waals surface area (Å²) in [4.78, 5) is 13.1. The summed E-state index contributed by atoms with van der Waals surface area (Å²) in [6.45, 7) is 3.10. The van der Waals surface area contributed by atoms with Crippen molar-refractivity contribution >= 4 is 5.97 Å². The lowest BCUT2D eigenvalue weighted by atomic mass is 9.97. The average Bonchev–Trinajstić information content (AvgIpc) is 2.79. The van der Waals surface area contributed by atoms with Crippen molar-refractivity contribution in [1.29, 1.82) is 0 Å². The van der Waals surface area contributed by atoms with Crippen LogP contribution in [0.1, 0.15) is 25.7 Å². The van der Waals surface area contributed by atoms with E-state index in [1.807, 2.05) is 0 Å². The first-order chi connectivity index (χ1) is 8.19. The number of hydrogen-bond donors (Lipinski definition) is 2. The van der Waals surface area contributed by atoms with Crippen LogP contribution in [0, 0.1) is 5.92 Å². The van der Waals surface area contributed by atoms with Gasteiger partial charge in [0.05, 0.1) is 6.10 Å². The molecule has 0 aromatic heterocycles. The molecule has 5 nitrogen and oxygen atoms in total. The molecule has 5 heteroatoms. The maximum atomic E-state index is 10.8. The minimum Gasteiger partial charge on any atom is -0.479 e. The van der Waals surface area contributed by atoms with Crippen molar-refractivity contribution in [2.75, 3.05) is 26.2 Å². The molecule has 0 spiro atoms. The first kappa shape index (κ1) is 12.8.